The highest BCUT2D eigenvalue weighted by molar-refractivity contribution is 5.94. The molecule has 6 heteroatoms. The Morgan fingerprint density at radius 3 is 2.72 bits per heavy atom. The lowest BCUT2D eigenvalue weighted by Gasteiger charge is -2.24. The molecule has 0 bridgehead atoms. The summed E-state index contributed by atoms with van der Waals surface area (Å²) >= 11 is 0. The van der Waals surface area contributed by atoms with Gasteiger partial charge in [0.1, 0.15) is 11.6 Å². The normalized spacial score (nSPS) is 15.8. The Labute approximate surface area is 168 Å². The number of hydrogen-bond donors (Lipinski definition) is 1. The van der Waals surface area contributed by atoms with Gasteiger partial charge in [0.25, 0.3) is 0 Å². The van der Waals surface area contributed by atoms with Gasteiger partial charge in [-0.1, -0.05) is 24.3 Å². The van der Waals surface area contributed by atoms with E-state index in [1.165, 1.54) is 0 Å². The smallest absolute Gasteiger partial charge is 0.226 e. The van der Waals surface area contributed by atoms with Gasteiger partial charge in [-0.25, -0.2) is 4.68 Å². The van der Waals surface area contributed by atoms with Crippen LogP contribution in [0.4, 0.5) is 5.82 Å². The maximum atomic E-state index is 12.5. The van der Waals surface area contributed by atoms with Crippen molar-refractivity contribution in [3.05, 3.63) is 83.8 Å². The highest BCUT2D eigenvalue weighted by atomic mass is 16.5. The van der Waals surface area contributed by atoms with E-state index in [1.807, 2.05) is 41.2 Å². The first-order valence-electron chi connectivity index (χ1n) is 9.53. The molecule has 0 radical (unpaired) electrons. The molecule has 1 atom stereocenters. The van der Waals surface area contributed by atoms with Crippen LogP contribution in [0, 0.1) is 0 Å². The standard InChI is InChI=1S/C23H20N4O2/c1-29-19-5-4-16-10-18(3-2-17(16)11-19)20-12-22(28)26-23-21(20)13-25-27(23)14-15-6-8-24-9-7-15/h2-11,13,20H,12,14H2,1H3,(H,26,28)/t20-/m0/s1. The number of fused-ring (bicyclic) bond motifs is 2. The number of hydrogen-bond acceptors (Lipinski definition) is 4. The van der Waals surface area contributed by atoms with Crippen molar-refractivity contribution in [2.24, 2.45) is 0 Å². The van der Waals surface area contributed by atoms with Gasteiger partial charge in [0.15, 0.2) is 0 Å². The van der Waals surface area contributed by atoms with E-state index in [1.54, 1.807) is 19.5 Å². The maximum absolute atomic E-state index is 12.5. The number of nitrogens with one attached hydrogen (secondary N) is 1. The second kappa shape index (κ2) is 7.05. The van der Waals surface area contributed by atoms with Crippen LogP contribution in [0.25, 0.3) is 10.8 Å². The predicted molar refractivity (Wildman–Crippen MR) is 111 cm³/mol. The molecular weight excluding hydrogens is 364 g/mol. The Balaban J connectivity index is 1.52. The lowest BCUT2D eigenvalue weighted by atomic mass is 9.86. The Bertz CT molecular complexity index is 1200. The molecule has 5 rings (SSSR count). The van der Waals surface area contributed by atoms with E-state index in [2.05, 4.69) is 33.6 Å². The summed E-state index contributed by atoms with van der Waals surface area (Å²) in [5.74, 6) is 1.60. The van der Waals surface area contributed by atoms with Gasteiger partial charge in [-0.15, -0.1) is 0 Å². The third-order valence-electron chi connectivity index (χ3n) is 5.45. The van der Waals surface area contributed by atoms with Crippen LogP contribution >= 0.6 is 0 Å². The van der Waals surface area contributed by atoms with Gasteiger partial charge in [0, 0.05) is 30.3 Å². The van der Waals surface area contributed by atoms with Crippen LogP contribution in [-0.2, 0) is 11.3 Å². The number of ether oxygens (including phenoxy) is 1. The largest absolute Gasteiger partial charge is 0.497 e. The SMILES string of the molecule is COc1ccc2cc([C@@H]3CC(=O)Nc4c3cnn4Cc3ccncc3)ccc2c1. The molecule has 6 nitrogen and oxygen atoms in total. The van der Waals surface area contributed by atoms with E-state index in [4.69, 9.17) is 4.74 Å². The van der Waals surface area contributed by atoms with E-state index >= 15 is 0 Å². The molecule has 1 aliphatic heterocycles. The number of aromatic nitrogens is 3. The molecule has 1 aliphatic rings. The minimum atomic E-state index is -0.0172. The first-order valence-corrected chi connectivity index (χ1v) is 9.53. The van der Waals surface area contributed by atoms with Crippen molar-refractivity contribution in [2.75, 3.05) is 12.4 Å². The summed E-state index contributed by atoms with van der Waals surface area (Å²) in [5, 5.41) is 9.80. The van der Waals surface area contributed by atoms with Crippen LogP contribution in [0.2, 0.25) is 0 Å². The molecule has 0 saturated heterocycles. The average Bonchev–Trinajstić information content (AvgIpc) is 3.15. The predicted octanol–water partition coefficient (Wildman–Crippen LogP) is 3.96. The lowest BCUT2D eigenvalue weighted by Crippen LogP contribution is -2.25. The summed E-state index contributed by atoms with van der Waals surface area (Å²) in [6.07, 6.45) is 5.81. The third-order valence-corrected chi connectivity index (χ3v) is 5.45. The van der Waals surface area contributed by atoms with Crippen LogP contribution in [0.1, 0.15) is 29.0 Å². The maximum Gasteiger partial charge on any atom is 0.226 e. The highest BCUT2D eigenvalue weighted by Gasteiger charge is 2.30. The molecule has 144 valence electrons. The Morgan fingerprint density at radius 1 is 1.10 bits per heavy atom. The molecule has 0 aliphatic carbocycles. The highest BCUT2D eigenvalue weighted by Crippen LogP contribution is 2.38. The third kappa shape index (κ3) is 3.23. The number of amides is 1. The van der Waals surface area contributed by atoms with E-state index in [9.17, 15) is 4.79 Å². The second-order valence-electron chi connectivity index (χ2n) is 7.24. The van der Waals surface area contributed by atoms with Crippen molar-refractivity contribution in [2.45, 2.75) is 18.9 Å². The van der Waals surface area contributed by atoms with E-state index in [0.717, 1.165) is 39.0 Å². The lowest BCUT2D eigenvalue weighted by molar-refractivity contribution is -0.116. The fourth-order valence-electron chi connectivity index (χ4n) is 3.93. The minimum Gasteiger partial charge on any atom is -0.497 e. The molecule has 1 amide bonds. The number of carbonyl (C=O) groups is 1. The Kier molecular flexibility index (Phi) is 4.24. The first-order chi connectivity index (χ1) is 14.2. The quantitative estimate of drug-likeness (QED) is 0.578. The molecule has 0 fully saturated rings. The summed E-state index contributed by atoms with van der Waals surface area (Å²) in [4.78, 5) is 16.5. The van der Waals surface area contributed by atoms with Crippen molar-refractivity contribution in [1.82, 2.24) is 14.8 Å². The summed E-state index contributed by atoms with van der Waals surface area (Å²) in [6, 6.07) is 16.3. The molecule has 3 heterocycles. The number of benzene rings is 2. The molecule has 2 aromatic heterocycles. The van der Waals surface area contributed by atoms with Gasteiger partial charge in [0.2, 0.25) is 5.91 Å². The number of rotatable bonds is 4. The number of anilines is 1. The molecule has 29 heavy (non-hydrogen) atoms. The number of nitrogens with zero attached hydrogens (tertiary/aromatic N) is 3. The molecular formula is C23H20N4O2. The fraction of sp³-hybridized carbons (Fsp3) is 0.174. The zero-order valence-corrected chi connectivity index (χ0v) is 16.0. The van der Waals surface area contributed by atoms with E-state index in [-0.39, 0.29) is 11.8 Å². The molecule has 1 N–H and O–H groups in total. The van der Waals surface area contributed by atoms with Gasteiger partial charge in [0.05, 0.1) is 19.9 Å². The summed E-state index contributed by atoms with van der Waals surface area (Å²) < 4.78 is 7.16. The van der Waals surface area contributed by atoms with Gasteiger partial charge in [-0.05, 0) is 46.2 Å². The van der Waals surface area contributed by atoms with Crippen LogP contribution in [0.15, 0.2) is 67.1 Å². The average molecular weight is 384 g/mol. The van der Waals surface area contributed by atoms with E-state index < -0.39 is 0 Å². The van der Waals surface area contributed by atoms with Crippen LogP contribution in [0.5, 0.6) is 5.75 Å². The summed E-state index contributed by atoms with van der Waals surface area (Å²) in [7, 11) is 1.67. The zero-order valence-electron chi connectivity index (χ0n) is 16.0. The van der Waals surface area contributed by atoms with Gasteiger partial charge < -0.3 is 10.1 Å². The topological polar surface area (TPSA) is 69.0 Å². The Morgan fingerprint density at radius 2 is 1.90 bits per heavy atom. The van der Waals surface area contributed by atoms with Crippen molar-refractivity contribution in [3.63, 3.8) is 0 Å². The molecule has 4 aromatic rings. The van der Waals surface area contributed by atoms with E-state index in [0.29, 0.717) is 13.0 Å². The van der Waals surface area contributed by atoms with Crippen molar-refractivity contribution in [3.8, 4) is 5.75 Å². The number of carbonyl (C=O) groups excluding carboxylic acids is 1. The molecule has 0 saturated carbocycles. The van der Waals surface area contributed by atoms with Crippen LogP contribution < -0.4 is 10.1 Å². The first kappa shape index (κ1) is 17.4. The monoisotopic (exact) mass is 384 g/mol. The van der Waals surface area contributed by atoms with Crippen LogP contribution in [0.3, 0.4) is 0 Å². The second-order valence-corrected chi connectivity index (χ2v) is 7.24. The molecule has 2 aromatic carbocycles. The molecule has 0 spiro atoms. The van der Waals surface area contributed by atoms with Crippen molar-refractivity contribution < 1.29 is 9.53 Å². The molecule has 0 unspecified atom stereocenters. The Hall–Kier alpha value is -3.67. The van der Waals surface area contributed by atoms with Crippen molar-refractivity contribution in [1.29, 1.82) is 0 Å². The summed E-state index contributed by atoms with van der Waals surface area (Å²) in [6.45, 7) is 0.586. The number of pyridine rings is 1. The number of methoxy groups -OCH3 is 1. The van der Waals surface area contributed by atoms with Gasteiger partial charge in [-0.2, -0.15) is 5.10 Å². The fourth-order valence-corrected chi connectivity index (χ4v) is 3.93. The minimum absolute atomic E-state index is 0.00815. The van der Waals surface area contributed by atoms with Crippen LogP contribution in [-0.4, -0.2) is 27.8 Å². The zero-order chi connectivity index (χ0) is 19.8. The van der Waals surface area contributed by atoms with Gasteiger partial charge in [-0.3, -0.25) is 9.78 Å². The summed E-state index contributed by atoms with van der Waals surface area (Å²) in [5.41, 5.74) is 3.25. The van der Waals surface area contributed by atoms with Crippen molar-refractivity contribution >= 4 is 22.5 Å². The van der Waals surface area contributed by atoms with Gasteiger partial charge >= 0.3 is 0 Å².